The zero-order valence-electron chi connectivity index (χ0n) is 17.1. The van der Waals surface area contributed by atoms with Crippen LogP contribution in [-0.4, -0.2) is 103 Å². The topological polar surface area (TPSA) is 50.3 Å². The maximum atomic E-state index is 13.0. The number of likely N-dealkylation sites (N-methyl/N-ethyl adjacent to an activating group) is 1. The molecule has 28 heavy (non-hydrogen) atoms. The molecule has 4 rings (SSSR count). The van der Waals surface area contributed by atoms with E-state index in [1.165, 1.54) is 12.8 Å². The van der Waals surface area contributed by atoms with Crippen molar-refractivity contribution in [1.29, 1.82) is 0 Å². The molecular formula is C22H34N4O2. The molecule has 3 saturated heterocycles. The van der Waals surface area contributed by atoms with Crippen LogP contribution in [-0.2, 0) is 10.4 Å². The van der Waals surface area contributed by atoms with Crippen molar-refractivity contribution in [2.45, 2.75) is 30.9 Å². The zero-order valence-corrected chi connectivity index (χ0v) is 17.1. The lowest BCUT2D eigenvalue weighted by atomic mass is 9.79. The van der Waals surface area contributed by atoms with Crippen molar-refractivity contribution < 1.29 is 9.90 Å². The molecule has 0 unspecified atom stereocenters. The van der Waals surface area contributed by atoms with Gasteiger partial charge in [-0.05, 0) is 45.0 Å². The minimum Gasteiger partial charge on any atom is -0.383 e. The van der Waals surface area contributed by atoms with E-state index in [1.807, 2.05) is 35.2 Å². The summed E-state index contributed by atoms with van der Waals surface area (Å²) in [5.74, 6) is 0.219. The SMILES string of the molecule is CN1CCN([C@@H]2CN(C(=O)CN3CCCC3)CC[C@]2(O)c2ccccc2)CC1. The summed E-state index contributed by atoms with van der Waals surface area (Å²) < 4.78 is 0. The first-order valence-corrected chi connectivity index (χ1v) is 10.8. The van der Waals surface area contributed by atoms with Gasteiger partial charge in [0.15, 0.2) is 0 Å². The van der Waals surface area contributed by atoms with Crippen LogP contribution in [0.5, 0.6) is 0 Å². The number of amides is 1. The summed E-state index contributed by atoms with van der Waals surface area (Å²) in [6, 6.07) is 10.0. The van der Waals surface area contributed by atoms with Gasteiger partial charge in [-0.1, -0.05) is 30.3 Å². The molecule has 0 bridgehead atoms. The standard InChI is InChI=1S/C22H34N4O2/c1-23-13-15-25(16-14-23)20-17-26(21(27)18-24-10-5-6-11-24)12-9-22(20,28)19-7-3-2-4-8-19/h2-4,7-8,20,28H,5-6,9-18H2,1H3/t20-,22+/m1/s1. The number of hydrogen-bond donors (Lipinski definition) is 1. The minimum atomic E-state index is -0.901. The third kappa shape index (κ3) is 4.10. The summed E-state index contributed by atoms with van der Waals surface area (Å²) in [7, 11) is 2.15. The van der Waals surface area contributed by atoms with E-state index in [1.54, 1.807) is 0 Å². The van der Waals surface area contributed by atoms with Crippen LogP contribution in [0.2, 0.25) is 0 Å². The van der Waals surface area contributed by atoms with Gasteiger partial charge in [-0.2, -0.15) is 0 Å². The quantitative estimate of drug-likeness (QED) is 0.830. The van der Waals surface area contributed by atoms with Crippen molar-refractivity contribution in [3.05, 3.63) is 35.9 Å². The number of nitrogens with zero attached hydrogens (tertiary/aromatic N) is 4. The van der Waals surface area contributed by atoms with E-state index in [9.17, 15) is 9.90 Å². The van der Waals surface area contributed by atoms with E-state index in [0.717, 1.165) is 44.8 Å². The van der Waals surface area contributed by atoms with Crippen LogP contribution in [0, 0.1) is 0 Å². The van der Waals surface area contributed by atoms with Crippen molar-refractivity contribution >= 4 is 5.91 Å². The highest BCUT2D eigenvalue weighted by Crippen LogP contribution is 2.36. The molecule has 3 fully saturated rings. The Morgan fingerprint density at radius 2 is 1.71 bits per heavy atom. The van der Waals surface area contributed by atoms with Gasteiger partial charge in [0.1, 0.15) is 5.60 Å². The lowest BCUT2D eigenvalue weighted by Gasteiger charge is -2.51. The normalized spacial score (nSPS) is 30.6. The van der Waals surface area contributed by atoms with Crippen molar-refractivity contribution in [2.75, 3.05) is 66.0 Å². The van der Waals surface area contributed by atoms with Crippen molar-refractivity contribution in [3.8, 4) is 0 Å². The number of piperidine rings is 1. The van der Waals surface area contributed by atoms with E-state index in [-0.39, 0.29) is 11.9 Å². The highest BCUT2D eigenvalue weighted by molar-refractivity contribution is 5.78. The molecule has 3 aliphatic rings. The lowest BCUT2D eigenvalue weighted by Crippen LogP contribution is -2.64. The Kier molecular flexibility index (Phi) is 6.01. The first-order valence-electron chi connectivity index (χ1n) is 10.8. The number of aliphatic hydroxyl groups is 1. The highest BCUT2D eigenvalue weighted by atomic mass is 16.3. The van der Waals surface area contributed by atoms with Crippen LogP contribution in [0.1, 0.15) is 24.8 Å². The number of rotatable bonds is 4. The fourth-order valence-electron chi connectivity index (χ4n) is 5.00. The molecule has 1 amide bonds. The molecule has 6 nitrogen and oxygen atoms in total. The zero-order chi connectivity index (χ0) is 19.6. The molecule has 1 aromatic carbocycles. The predicted octanol–water partition coefficient (Wildman–Crippen LogP) is 0.818. The average molecular weight is 387 g/mol. The van der Waals surface area contributed by atoms with Crippen molar-refractivity contribution in [1.82, 2.24) is 19.6 Å². The largest absolute Gasteiger partial charge is 0.383 e. The number of carbonyl (C=O) groups excluding carboxylic acids is 1. The summed E-state index contributed by atoms with van der Waals surface area (Å²) in [5.41, 5.74) is 0.0762. The Balaban J connectivity index is 1.52. The van der Waals surface area contributed by atoms with E-state index >= 15 is 0 Å². The number of benzene rings is 1. The summed E-state index contributed by atoms with van der Waals surface area (Å²) >= 11 is 0. The Morgan fingerprint density at radius 1 is 1.04 bits per heavy atom. The molecule has 0 radical (unpaired) electrons. The molecule has 0 aromatic heterocycles. The van der Waals surface area contributed by atoms with Gasteiger partial charge in [-0.25, -0.2) is 0 Å². The minimum absolute atomic E-state index is 0.0557. The Labute approximate surface area is 168 Å². The highest BCUT2D eigenvalue weighted by Gasteiger charge is 2.47. The molecule has 2 atom stereocenters. The molecule has 0 saturated carbocycles. The molecule has 1 aromatic rings. The van der Waals surface area contributed by atoms with Crippen LogP contribution in [0.25, 0.3) is 0 Å². The van der Waals surface area contributed by atoms with Crippen molar-refractivity contribution in [3.63, 3.8) is 0 Å². The fraction of sp³-hybridized carbons (Fsp3) is 0.682. The average Bonchev–Trinajstić information content (AvgIpc) is 3.23. The van der Waals surface area contributed by atoms with Crippen LogP contribution in [0.3, 0.4) is 0 Å². The van der Waals surface area contributed by atoms with Gasteiger partial charge in [0.25, 0.3) is 0 Å². The lowest BCUT2D eigenvalue weighted by molar-refractivity contribution is -0.146. The van der Waals surface area contributed by atoms with Gasteiger partial charge in [-0.15, -0.1) is 0 Å². The maximum absolute atomic E-state index is 13.0. The second-order valence-electron chi connectivity index (χ2n) is 8.72. The molecular weight excluding hydrogens is 352 g/mol. The third-order valence-corrected chi connectivity index (χ3v) is 6.87. The van der Waals surface area contributed by atoms with Gasteiger partial charge < -0.3 is 14.9 Å². The summed E-state index contributed by atoms with van der Waals surface area (Å²) in [5, 5.41) is 11.8. The molecule has 3 aliphatic heterocycles. The maximum Gasteiger partial charge on any atom is 0.236 e. The number of hydrogen-bond acceptors (Lipinski definition) is 5. The Bertz CT molecular complexity index is 656. The number of likely N-dealkylation sites (tertiary alicyclic amines) is 2. The predicted molar refractivity (Wildman–Crippen MR) is 110 cm³/mol. The second-order valence-corrected chi connectivity index (χ2v) is 8.72. The Hall–Kier alpha value is -1.47. The summed E-state index contributed by atoms with van der Waals surface area (Å²) in [4.78, 5) is 22.0. The first-order chi connectivity index (χ1) is 13.6. The molecule has 1 N–H and O–H groups in total. The fourth-order valence-corrected chi connectivity index (χ4v) is 5.00. The summed E-state index contributed by atoms with van der Waals surface area (Å²) in [6.07, 6.45) is 3.00. The molecule has 3 heterocycles. The van der Waals surface area contributed by atoms with Gasteiger partial charge in [0.2, 0.25) is 5.91 Å². The second kappa shape index (κ2) is 8.49. The van der Waals surface area contributed by atoms with Crippen LogP contribution < -0.4 is 0 Å². The van der Waals surface area contributed by atoms with Crippen LogP contribution in [0.15, 0.2) is 30.3 Å². The van der Waals surface area contributed by atoms with Crippen LogP contribution >= 0.6 is 0 Å². The van der Waals surface area contributed by atoms with Crippen LogP contribution in [0.4, 0.5) is 0 Å². The molecule has 0 spiro atoms. The monoisotopic (exact) mass is 386 g/mol. The summed E-state index contributed by atoms with van der Waals surface area (Å²) in [6.45, 7) is 7.72. The van der Waals surface area contributed by atoms with Crippen molar-refractivity contribution in [2.24, 2.45) is 0 Å². The molecule has 0 aliphatic carbocycles. The van der Waals surface area contributed by atoms with E-state index in [0.29, 0.717) is 26.1 Å². The number of piperazine rings is 1. The molecule has 154 valence electrons. The number of carbonyl (C=O) groups is 1. The smallest absolute Gasteiger partial charge is 0.236 e. The van der Waals surface area contributed by atoms with E-state index in [4.69, 9.17) is 0 Å². The molecule has 6 heteroatoms. The van der Waals surface area contributed by atoms with Gasteiger partial charge in [0.05, 0.1) is 12.6 Å². The van der Waals surface area contributed by atoms with Gasteiger partial charge in [-0.3, -0.25) is 14.6 Å². The third-order valence-electron chi connectivity index (χ3n) is 6.87. The van der Waals surface area contributed by atoms with Gasteiger partial charge >= 0.3 is 0 Å². The first kappa shape index (κ1) is 19.8. The van der Waals surface area contributed by atoms with Gasteiger partial charge in [0, 0.05) is 39.3 Å². The van der Waals surface area contributed by atoms with E-state index in [2.05, 4.69) is 21.7 Å². The Morgan fingerprint density at radius 3 is 2.39 bits per heavy atom. The van der Waals surface area contributed by atoms with E-state index < -0.39 is 5.60 Å².